The molecule has 1 aliphatic carbocycles. The summed E-state index contributed by atoms with van der Waals surface area (Å²) in [4.78, 5) is 52.3. The summed E-state index contributed by atoms with van der Waals surface area (Å²) >= 11 is 0. The summed E-state index contributed by atoms with van der Waals surface area (Å²) in [6.45, 7) is 0. The Morgan fingerprint density at radius 3 is 2.41 bits per heavy atom. The predicted octanol–water partition coefficient (Wildman–Crippen LogP) is -2.34. The summed E-state index contributed by atoms with van der Waals surface area (Å²) in [5, 5.41) is 18.2. The van der Waals surface area contributed by atoms with Crippen LogP contribution in [0.3, 0.4) is 0 Å². The molecule has 0 fully saturated rings. The molecule has 0 bridgehead atoms. The number of aromatic nitrogens is 2. The van der Waals surface area contributed by atoms with Gasteiger partial charge in [0.1, 0.15) is 11.4 Å². The van der Waals surface area contributed by atoms with Gasteiger partial charge in [-0.2, -0.15) is 6.07 Å². The molecule has 2 aromatic heterocycles. The van der Waals surface area contributed by atoms with Crippen molar-refractivity contribution in [1.29, 1.82) is 0 Å². The number of hydrogen-bond donors (Lipinski definition) is 3. The quantitative estimate of drug-likeness (QED) is 0.320. The number of rotatable bonds is 2. The van der Waals surface area contributed by atoms with E-state index in [1.807, 2.05) is 0 Å². The van der Waals surface area contributed by atoms with Crippen LogP contribution in [0.5, 0.6) is 0 Å². The molecule has 0 unspecified atom stereocenters. The SMILES string of the molecule is O=C(O)c1cc(C(=O)O)c2c(n1)C(=O)C(=O)c1c[c-][nH]c1-2.[Li+]. The fraction of sp³-hybridized carbons (Fsp3) is 0. The topological polar surface area (TPSA) is 137 Å². The van der Waals surface area contributed by atoms with Crippen molar-refractivity contribution in [2.24, 2.45) is 0 Å². The zero-order chi connectivity index (χ0) is 15.3. The van der Waals surface area contributed by atoms with Crippen LogP contribution in [0.2, 0.25) is 0 Å². The molecule has 0 atom stereocenters. The Kier molecular flexibility index (Phi) is 3.75. The van der Waals surface area contributed by atoms with Crippen molar-refractivity contribution in [2.45, 2.75) is 0 Å². The summed E-state index contributed by atoms with van der Waals surface area (Å²) in [6.07, 6.45) is 2.50. The molecule has 8 nitrogen and oxygen atoms in total. The van der Waals surface area contributed by atoms with Gasteiger partial charge in [-0.3, -0.25) is 4.79 Å². The van der Waals surface area contributed by atoms with Crippen LogP contribution in [-0.2, 0) is 0 Å². The molecule has 0 radical (unpaired) electrons. The van der Waals surface area contributed by atoms with Gasteiger partial charge in [-0.15, -0.1) is 11.8 Å². The van der Waals surface area contributed by atoms with Gasteiger partial charge in [-0.05, 0) is 11.6 Å². The summed E-state index contributed by atoms with van der Waals surface area (Å²) in [5.41, 5.74) is -1.55. The van der Waals surface area contributed by atoms with E-state index in [9.17, 15) is 24.3 Å². The van der Waals surface area contributed by atoms with Crippen molar-refractivity contribution in [1.82, 2.24) is 9.97 Å². The molecule has 22 heavy (non-hydrogen) atoms. The Morgan fingerprint density at radius 1 is 1.14 bits per heavy atom. The number of fused-ring (bicyclic) bond motifs is 3. The molecule has 0 aliphatic heterocycles. The minimum Gasteiger partial charge on any atom is -0.478 e. The summed E-state index contributed by atoms with van der Waals surface area (Å²) in [5.74, 6) is -4.86. The number of Topliss-reactive ketones (excluding diaryl/α,β-unsaturated/α-hetero) is 2. The number of nitrogens with zero attached hydrogens (tertiary/aromatic N) is 1. The molecule has 2 aromatic rings. The second-order valence-electron chi connectivity index (χ2n) is 4.25. The molecule has 1 aliphatic rings. The molecule has 0 spiro atoms. The number of aromatic amines is 1. The molecule has 3 N–H and O–H groups in total. The van der Waals surface area contributed by atoms with Crippen LogP contribution in [0.15, 0.2) is 12.1 Å². The second-order valence-corrected chi connectivity index (χ2v) is 4.25. The van der Waals surface area contributed by atoms with E-state index in [2.05, 4.69) is 16.2 Å². The minimum atomic E-state index is -1.50. The van der Waals surface area contributed by atoms with Gasteiger partial charge in [0.2, 0.25) is 5.78 Å². The molecular weight excluding hydrogens is 287 g/mol. The Hall–Kier alpha value is -2.69. The normalized spacial score (nSPS) is 12.2. The third kappa shape index (κ3) is 2.06. The van der Waals surface area contributed by atoms with Gasteiger partial charge >= 0.3 is 30.8 Å². The first kappa shape index (κ1) is 15.7. The molecule has 0 amide bonds. The molecular formula is C13H5LiN2O6. The van der Waals surface area contributed by atoms with Crippen molar-refractivity contribution in [3.05, 3.63) is 40.8 Å². The van der Waals surface area contributed by atoms with Gasteiger partial charge in [0.05, 0.1) is 5.56 Å². The van der Waals surface area contributed by atoms with Crippen LogP contribution in [-0.4, -0.2) is 43.7 Å². The number of H-pyrrole nitrogens is 1. The third-order valence-corrected chi connectivity index (χ3v) is 3.07. The van der Waals surface area contributed by atoms with Gasteiger partial charge in [-0.25, -0.2) is 14.6 Å². The maximum Gasteiger partial charge on any atom is 1.00 e. The Bertz CT molecular complexity index is 854. The van der Waals surface area contributed by atoms with E-state index in [-0.39, 0.29) is 35.7 Å². The van der Waals surface area contributed by atoms with E-state index in [0.29, 0.717) is 0 Å². The van der Waals surface area contributed by atoms with Crippen LogP contribution in [0.1, 0.15) is 41.7 Å². The number of pyridine rings is 1. The number of carbonyl (C=O) groups excluding carboxylic acids is 2. The van der Waals surface area contributed by atoms with Crippen molar-refractivity contribution in [3.63, 3.8) is 0 Å². The van der Waals surface area contributed by atoms with E-state index in [1.165, 1.54) is 6.07 Å². The number of carbonyl (C=O) groups is 4. The molecule has 3 rings (SSSR count). The van der Waals surface area contributed by atoms with Crippen molar-refractivity contribution >= 4 is 23.5 Å². The first-order valence-electron chi connectivity index (χ1n) is 5.62. The van der Waals surface area contributed by atoms with Crippen molar-refractivity contribution in [3.8, 4) is 11.3 Å². The summed E-state index contributed by atoms with van der Waals surface area (Å²) in [6, 6.07) is 2.08. The molecule has 9 heteroatoms. The van der Waals surface area contributed by atoms with Gasteiger partial charge in [0, 0.05) is 0 Å². The van der Waals surface area contributed by atoms with E-state index in [4.69, 9.17) is 5.11 Å². The zero-order valence-electron chi connectivity index (χ0n) is 11.1. The molecule has 2 heterocycles. The Balaban J connectivity index is 0.00000176. The largest absolute Gasteiger partial charge is 1.00 e. The second kappa shape index (κ2) is 5.25. The Morgan fingerprint density at radius 2 is 1.82 bits per heavy atom. The number of hydrogen-bond acceptors (Lipinski definition) is 5. The maximum absolute atomic E-state index is 12.0. The van der Waals surface area contributed by atoms with Crippen LogP contribution < -0.4 is 18.9 Å². The average Bonchev–Trinajstić information content (AvgIpc) is 2.92. The number of nitrogens with one attached hydrogen (secondary N) is 1. The van der Waals surface area contributed by atoms with E-state index >= 15 is 0 Å². The molecule has 104 valence electrons. The van der Waals surface area contributed by atoms with Gasteiger partial charge < -0.3 is 20.0 Å². The van der Waals surface area contributed by atoms with Crippen LogP contribution in [0, 0.1) is 6.20 Å². The van der Waals surface area contributed by atoms with Gasteiger partial charge in [0.15, 0.2) is 5.78 Å². The van der Waals surface area contributed by atoms with Crippen molar-refractivity contribution < 1.29 is 48.3 Å². The molecule has 0 aromatic carbocycles. The maximum atomic E-state index is 12.0. The van der Waals surface area contributed by atoms with Crippen LogP contribution in [0.25, 0.3) is 11.3 Å². The van der Waals surface area contributed by atoms with E-state index in [0.717, 1.165) is 6.07 Å². The third-order valence-electron chi connectivity index (χ3n) is 3.07. The number of carboxylic acid groups (broad SMARTS) is 2. The number of ketones is 2. The smallest absolute Gasteiger partial charge is 0.478 e. The molecule has 0 saturated heterocycles. The fourth-order valence-corrected chi connectivity index (χ4v) is 2.17. The fourth-order valence-electron chi connectivity index (χ4n) is 2.17. The first-order valence-corrected chi connectivity index (χ1v) is 5.62. The standard InChI is InChI=1S/C13H5N2O6.Li/c16-10-4-1-2-14-8(4)7-5(12(18)19)3-6(13(20)21)15-9(7)11(10)17;/h1,3,14H,(H,18,19)(H,20,21);/q-1;+1. The Labute approximate surface area is 134 Å². The van der Waals surface area contributed by atoms with Gasteiger partial charge in [-0.1, -0.05) is 5.69 Å². The number of aromatic carboxylic acids is 2. The first-order chi connectivity index (χ1) is 9.91. The van der Waals surface area contributed by atoms with Crippen LogP contribution >= 0.6 is 0 Å². The molecule has 0 saturated carbocycles. The van der Waals surface area contributed by atoms with Crippen molar-refractivity contribution in [2.75, 3.05) is 0 Å². The van der Waals surface area contributed by atoms with Crippen LogP contribution in [0.4, 0.5) is 0 Å². The predicted molar refractivity (Wildman–Crippen MR) is 65.4 cm³/mol. The monoisotopic (exact) mass is 292 g/mol. The van der Waals surface area contributed by atoms with E-state index in [1.54, 1.807) is 0 Å². The minimum absolute atomic E-state index is 0. The number of carboxylic acids is 2. The van der Waals surface area contributed by atoms with Gasteiger partial charge in [0.25, 0.3) is 0 Å². The summed E-state index contributed by atoms with van der Waals surface area (Å²) < 4.78 is 0. The average molecular weight is 292 g/mol. The van der Waals surface area contributed by atoms with E-state index < -0.39 is 40.5 Å². The zero-order valence-corrected chi connectivity index (χ0v) is 11.1. The summed E-state index contributed by atoms with van der Waals surface area (Å²) in [7, 11) is 0.